The molecule has 170 valence electrons. The van der Waals surface area contributed by atoms with Gasteiger partial charge < -0.3 is 10.2 Å². The van der Waals surface area contributed by atoms with Gasteiger partial charge in [-0.25, -0.2) is 4.85 Å². The lowest BCUT2D eigenvalue weighted by atomic mass is 10.1. The summed E-state index contributed by atoms with van der Waals surface area (Å²) in [5, 5.41) is 14.8. The van der Waals surface area contributed by atoms with Gasteiger partial charge in [-0.2, -0.15) is 0 Å². The summed E-state index contributed by atoms with van der Waals surface area (Å²) in [5.74, 6) is 1.37. The number of hydrogen-bond acceptors (Lipinski definition) is 5. The van der Waals surface area contributed by atoms with E-state index in [1.165, 1.54) is 0 Å². The van der Waals surface area contributed by atoms with Gasteiger partial charge in [-0.05, 0) is 42.3 Å². The number of nitrogens with zero attached hydrogens (tertiary/aromatic N) is 5. The van der Waals surface area contributed by atoms with Gasteiger partial charge in [0.25, 0.3) is 0 Å². The van der Waals surface area contributed by atoms with Crippen LogP contribution in [0.5, 0.6) is 0 Å². The molecule has 0 aliphatic carbocycles. The summed E-state index contributed by atoms with van der Waals surface area (Å²) in [5.41, 5.74) is 3.58. The molecule has 0 radical (unpaired) electrons. The Morgan fingerprint density at radius 3 is 2.55 bits per heavy atom. The van der Waals surface area contributed by atoms with Crippen LogP contribution in [0.15, 0.2) is 60.8 Å². The minimum Gasteiger partial charge on any atom is -0.364 e. The number of halogens is 3. The van der Waals surface area contributed by atoms with Crippen LogP contribution in [0.4, 0.5) is 17.3 Å². The number of hydrogen-bond donors (Lipinski definition) is 1. The highest BCUT2D eigenvalue weighted by atomic mass is 35.5. The Morgan fingerprint density at radius 1 is 1.03 bits per heavy atom. The average molecular weight is 502 g/mol. The molecule has 2 aromatic carbocycles. The van der Waals surface area contributed by atoms with Crippen molar-refractivity contribution in [2.24, 2.45) is 0 Å². The quantitative estimate of drug-likeness (QED) is 0.300. The van der Waals surface area contributed by atoms with E-state index in [0.29, 0.717) is 24.6 Å². The van der Waals surface area contributed by atoms with Crippen LogP contribution in [0, 0.1) is 13.5 Å². The molecule has 2 heterocycles. The number of nitrogens with one attached hydrogen (secondary N) is 1. The smallest absolute Gasteiger partial charge is 0.188 e. The number of fused-ring (bicyclic) bond motifs is 1. The van der Waals surface area contributed by atoms with Crippen molar-refractivity contribution in [1.82, 2.24) is 15.2 Å². The number of anilines is 2. The molecule has 0 saturated carbocycles. The summed E-state index contributed by atoms with van der Waals surface area (Å²) < 4.78 is 0. The Balaban J connectivity index is 0.00000193. The van der Waals surface area contributed by atoms with Crippen LogP contribution in [-0.4, -0.2) is 22.2 Å². The molecule has 33 heavy (non-hydrogen) atoms. The van der Waals surface area contributed by atoms with E-state index >= 15 is 0 Å². The van der Waals surface area contributed by atoms with Crippen molar-refractivity contribution in [2.75, 3.05) is 17.3 Å². The molecule has 0 aliphatic heterocycles. The Hall–Kier alpha value is -3.11. The first kappa shape index (κ1) is 26.1. The second-order valence-corrected chi connectivity index (χ2v) is 7.74. The standard InChI is InChI=1S/C24H21ClN6.2ClH/c1-16-7-8-17(12-22(16)25)14-28-23-21-13-18(26-2)9-10-20(21)24(30-29-23)31(3)15-19-6-4-5-11-27-19;;/h4-13H,14-15H2,1,3H3,(H,28,29);2*1H. The summed E-state index contributed by atoms with van der Waals surface area (Å²) in [6.07, 6.45) is 1.78. The van der Waals surface area contributed by atoms with Crippen LogP contribution in [0.3, 0.4) is 0 Å². The van der Waals surface area contributed by atoms with Gasteiger partial charge in [0.1, 0.15) is 0 Å². The van der Waals surface area contributed by atoms with Crippen molar-refractivity contribution in [1.29, 1.82) is 0 Å². The summed E-state index contributed by atoms with van der Waals surface area (Å²) in [6.45, 7) is 10.5. The zero-order chi connectivity index (χ0) is 21.8. The maximum Gasteiger partial charge on any atom is 0.188 e. The Bertz CT molecular complexity index is 1270. The highest BCUT2D eigenvalue weighted by molar-refractivity contribution is 6.31. The summed E-state index contributed by atoms with van der Waals surface area (Å²) in [4.78, 5) is 9.98. The third kappa shape index (κ3) is 6.02. The largest absolute Gasteiger partial charge is 0.364 e. The van der Waals surface area contributed by atoms with E-state index in [0.717, 1.165) is 38.4 Å². The first-order valence-corrected chi connectivity index (χ1v) is 10.2. The number of benzene rings is 2. The molecule has 0 aliphatic rings. The number of aromatic nitrogens is 3. The average Bonchev–Trinajstić information content (AvgIpc) is 2.79. The normalized spacial score (nSPS) is 10.0. The molecule has 0 atom stereocenters. The Labute approximate surface area is 210 Å². The molecule has 0 fully saturated rings. The van der Waals surface area contributed by atoms with Gasteiger partial charge in [-0.1, -0.05) is 41.9 Å². The van der Waals surface area contributed by atoms with Crippen LogP contribution in [-0.2, 0) is 13.1 Å². The molecule has 4 aromatic rings. The molecular formula is C24H23Cl3N6. The van der Waals surface area contributed by atoms with Crippen LogP contribution in [0.1, 0.15) is 16.8 Å². The van der Waals surface area contributed by atoms with Crippen molar-refractivity contribution in [3.05, 3.63) is 94.1 Å². The van der Waals surface area contributed by atoms with Gasteiger partial charge in [-0.3, -0.25) is 4.98 Å². The summed E-state index contributed by atoms with van der Waals surface area (Å²) in [6, 6.07) is 17.4. The molecule has 1 N–H and O–H groups in total. The molecule has 0 amide bonds. The molecule has 6 nitrogen and oxygen atoms in total. The predicted molar refractivity (Wildman–Crippen MR) is 140 cm³/mol. The topological polar surface area (TPSA) is 58.3 Å². The van der Waals surface area contributed by atoms with Crippen LogP contribution in [0.25, 0.3) is 15.6 Å². The first-order chi connectivity index (χ1) is 15.0. The van der Waals surface area contributed by atoms with E-state index in [-0.39, 0.29) is 24.8 Å². The van der Waals surface area contributed by atoms with E-state index < -0.39 is 0 Å². The predicted octanol–water partition coefficient (Wildman–Crippen LogP) is 6.63. The number of aryl methyl sites for hydroxylation is 1. The monoisotopic (exact) mass is 500 g/mol. The van der Waals surface area contributed by atoms with Crippen molar-refractivity contribution in [3.63, 3.8) is 0 Å². The third-order valence-corrected chi connectivity index (χ3v) is 5.46. The maximum atomic E-state index is 7.39. The third-order valence-electron chi connectivity index (χ3n) is 5.06. The Kier molecular flexibility index (Phi) is 9.24. The highest BCUT2D eigenvalue weighted by Gasteiger charge is 2.14. The summed E-state index contributed by atoms with van der Waals surface area (Å²) in [7, 11) is 1.96. The van der Waals surface area contributed by atoms with Crippen molar-refractivity contribution in [2.45, 2.75) is 20.0 Å². The lowest BCUT2D eigenvalue weighted by molar-refractivity contribution is 0.850. The van der Waals surface area contributed by atoms with Gasteiger partial charge in [0, 0.05) is 35.6 Å². The van der Waals surface area contributed by atoms with E-state index in [1.807, 2.05) is 67.4 Å². The second kappa shape index (κ2) is 11.7. The first-order valence-electron chi connectivity index (χ1n) is 9.83. The minimum absolute atomic E-state index is 0. The molecule has 0 spiro atoms. The Morgan fingerprint density at radius 2 is 1.85 bits per heavy atom. The van der Waals surface area contributed by atoms with Gasteiger partial charge in [0.2, 0.25) is 0 Å². The molecule has 0 saturated heterocycles. The lowest BCUT2D eigenvalue weighted by Gasteiger charge is -2.20. The molecular weight excluding hydrogens is 479 g/mol. The van der Waals surface area contributed by atoms with Gasteiger partial charge in [-0.15, -0.1) is 35.0 Å². The summed E-state index contributed by atoms with van der Waals surface area (Å²) >= 11 is 6.25. The van der Waals surface area contributed by atoms with Crippen molar-refractivity contribution < 1.29 is 0 Å². The maximum absolute atomic E-state index is 7.39. The van der Waals surface area contributed by atoms with Gasteiger partial charge in [0.15, 0.2) is 17.3 Å². The van der Waals surface area contributed by atoms with Gasteiger partial charge >= 0.3 is 0 Å². The minimum atomic E-state index is 0. The van der Waals surface area contributed by atoms with E-state index in [2.05, 4.69) is 25.3 Å². The number of rotatable bonds is 6. The van der Waals surface area contributed by atoms with Crippen LogP contribution < -0.4 is 10.2 Å². The second-order valence-electron chi connectivity index (χ2n) is 7.33. The van der Waals surface area contributed by atoms with Crippen LogP contribution >= 0.6 is 36.4 Å². The fraction of sp³-hybridized carbons (Fsp3) is 0.167. The van der Waals surface area contributed by atoms with Crippen molar-refractivity contribution in [3.8, 4) is 0 Å². The van der Waals surface area contributed by atoms with E-state index in [9.17, 15) is 0 Å². The zero-order valence-corrected chi connectivity index (χ0v) is 20.5. The zero-order valence-electron chi connectivity index (χ0n) is 18.1. The fourth-order valence-electron chi connectivity index (χ4n) is 3.35. The van der Waals surface area contributed by atoms with Gasteiger partial charge in [0.05, 0.1) is 18.8 Å². The molecule has 9 heteroatoms. The van der Waals surface area contributed by atoms with Crippen molar-refractivity contribution >= 4 is 64.5 Å². The molecule has 2 aromatic heterocycles. The molecule has 4 rings (SSSR count). The molecule has 0 unspecified atom stereocenters. The van der Waals surface area contributed by atoms with Crippen LogP contribution in [0.2, 0.25) is 5.02 Å². The SMILES string of the molecule is Cl.Cl.[C-]#[N+]c1ccc2c(N(C)Cc3ccccn3)nnc(NCc3ccc(C)c(Cl)c3)c2c1. The fourth-order valence-corrected chi connectivity index (χ4v) is 3.56. The number of pyridine rings is 1. The van der Waals surface area contributed by atoms with E-state index in [4.69, 9.17) is 18.2 Å². The lowest BCUT2D eigenvalue weighted by Crippen LogP contribution is -2.19. The highest BCUT2D eigenvalue weighted by Crippen LogP contribution is 2.32. The van der Waals surface area contributed by atoms with E-state index in [1.54, 1.807) is 12.3 Å². The molecule has 0 bridgehead atoms.